The summed E-state index contributed by atoms with van der Waals surface area (Å²) < 4.78 is 71.5. The van der Waals surface area contributed by atoms with E-state index in [0.29, 0.717) is 12.8 Å². The van der Waals surface area contributed by atoms with Crippen LogP contribution in [0.15, 0.2) is 12.2 Å². The number of ether oxygens (including phenoxy) is 12. The number of carbonyl (C=O) groups excluding carboxylic acids is 4. The van der Waals surface area contributed by atoms with Crippen LogP contribution in [0.4, 0.5) is 0 Å². The molecule has 123 heavy (non-hydrogen) atoms. The molecule has 6 saturated heterocycles. The average Bonchev–Trinajstić information content (AvgIpc) is 0.765. The fourth-order valence-electron chi connectivity index (χ4n) is 16.3. The maximum Gasteiger partial charge on any atom is 0.364 e. The van der Waals surface area contributed by atoms with Gasteiger partial charge in [-0.25, -0.2) is 4.79 Å². The highest BCUT2D eigenvalue weighted by Gasteiger charge is 2.60. The first-order chi connectivity index (χ1) is 58.8. The molecule has 0 radical (unpaired) electrons. The van der Waals surface area contributed by atoms with E-state index in [4.69, 9.17) is 56.8 Å². The summed E-state index contributed by atoms with van der Waals surface area (Å²) in [4.78, 5) is 64.4. The summed E-state index contributed by atoms with van der Waals surface area (Å²) in [5.41, 5.74) is 0. The second-order valence-corrected chi connectivity index (χ2v) is 33.6. The minimum atomic E-state index is -3.03. The van der Waals surface area contributed by atoms with Crippen LogP contribution in [0.5, 0.6) is 0 Å². The number of hydrogen-bond donors (Lipinski definition) is 23. The van der Waals surface area contributed by atoms with Gasteiger partial charge in [0.25, 0.3) is 5.79 Å². The number of aliphatic hydroxyl groups is 18. The highest BCUT2D eigenvalue weighted by Crippen LogP contribution is 2.39. The van der Waals surface area contributed by atoms with Gasteiger partial charge in [-0.2, -0.15) is 0 Å². The molecule has 6 rings (SSSR count). The van der Waals surface area contributed by atoms with Crippen LogP contribution in [0.3, 0.4) is 0 Å². The molecule has 0 spiro atoms. The monoisotopic (exact) mass is 1780 g/mol. The molecular formula is C83H148N4O36. The molecule has 4 amide bonds. The Morgan fingerprint density at radius 1 is 0.431 bits per heavy atom. The van der Waals surface area contributed by atoms with E-state index in [1.807, 2.05) is 6.08 Å². The molecule has 6 aliphatic heterocycles. The van der Waals surface area contributed by atoms with E-state index in [1.165, 1.54) is 116 Å². The van der Waals surface area contributed by atoms with Gasteiger partial charge in [-0.3, -0.25) is 19.2 Å². The Hall–Kier alpha value is -4.11. The molecule has 716 valence electrons. The molecule has 0 aromatic carbocycles. The van der Waals surface area contributed by atoms with Crippen molar-refractivity contribution in [3.05, 3.63) is 12.2 Å². The van der Waals surface area contributed by atoms with Crippen LogP contribution in [-0.2, 0) is 80.8 Å². The van der Waals surface area contributed by atoms with Crippen LogP contribution in [0, 0.1) is 0 Å². The normalized spacial score (nSPS) is 35.4. The van der Waals surface area contributed by atoms with Crippen LogP contribution in [0.2, 0.25) is 0 Å². The molecule has 0 bridgehead atoms. The molecule has 6 fully saturated rings. The van der Waals surface area contributed by atoms with Crippen LogP contribution >= 0.6 is 0 Å². The van der Waals surface area contributed by atoms with Gasteiger partial charge >= 0.3 is 5.97 Å². The molecule has 40 heteroatoms. The maximum atomic E-state index is 13.7. The zero-order chi connectivity index (χ0) is 90.5. The third-order valence-electron chi connectivity index (χ3n) is 23.6. The van der Waals surface area contributed by atoms with Crippen molar-refractivity contribution in [1.82, 2.24) is 21.3 Å². The molecule has 12 unspecified atom stereocenters. The minimum Gasteiger partial charge on any atom is -0.477 e. The maximum absolute atomic E-state index is 13.7. The molecule has 0 saturated carbocycles. The van der Waals surface area contributed by atoms with Crippen molar-refractivity contribution in [1.29, 1.82) is 0 Å². The van der Waals surface area contributed by atoms with E-state index >= 15 is 0 Å². The van der Waals surface area contributed by atoms with Gasteiger partial charge in [-0.05, 0) is 19.3 Å². The Morgan fingerprint density at radius 3 is 1.35 bits per heavy atom. The SMILES string of the molecule is CCCCCCCCCCCCC/C=C/[C@@H](O)[C@H](CO[C@@H]1OC(CO)[C@@H](O[C@@H]2OC(CO[C@@H]3OC(CO)[C@@H](O)[C@H](O)C3NC(C)=O)[C@H](O)[C@H](O[C@@H]3OC(CO)[C@@H](O[C@@H]4OC(CO[C@]5(C(=O)O)CC(O)[C@@H](NC(C)=O)C([C@H](O)[C@H](O)CO)O5)[C@H](O)[C@H](O)C4O)[C@H](O)C3NC(C)=O)C2O)[C@H](O)C1O)NC(=O)CCCCCCCCCCCCCCCCCCC. The van der Waals surface area contributed by atoms with Gasteiger partial charge in [0.2, 0.25) is 23.6 Å². The zero-order valence-electron chi connectivity index (χ0n) is 71.9. The summed E-state index contributed by atoms with van der Waals surface area (Å²) >= 11 is 0. The molecular weight excluding hydrogens is 1630 g/mol. The third kappa shape index (κ3) is 33.3. The van der Waals surface area contributed by atoms with Gasteiger partial charge in [-0.15, -0.1) is 0 Å². The lowest BCUT2D eigenvalue weighted by atomic mass is 9.88. The topological polar surface area (TPSA) is 629 Å². The summed E-state index contributed by atoms with van der Waals surface area (Å²) in [6, 6.07) is -6.31. The number of carbonyl (C=O) groups is 5. The number of allylic oxidation sites excluding steroid dienone is 1. The Balaban J connectivity index is 1.19. The highest BCUT2D eigenvalue weighted by molar-refractivity contribution is 5.77. The quantitative estimate of drug-likeness (QED) is 0.0225. The van der Waals surface area contributed by atoms with Crippen LogP contribution in [0.1, 0.15) is 234 Å². The summed E-state index contributed by atoms with van der Waals surface area (Å²) in [5, 5.41) is 223. The van der Waals surface area contributed by atoms with Crippen LogP contribution in [-0.4, -0.2) is 375 Å². The number of hydrogen-bond acceptors (Lipinski definition) is 35. The van der Waals surface area contributed by atoms with Crippen LogP contribution < -0.4 is 21.3 Å². The predicted molar refractivity (Wildman–Crippen MR) is 432 cm³/mol. The fraction of sp³-hybridized carbons (Fsp3) is 0.916. The zero-order valence-corrected chi connectivity index (χ0v) is 71.9. The summed E-state index contributed by atoms with van der Waals surface area (Å²) in [5.74, 6) is -7.91. The number of amides is 4. The molecule has 40 nitrogen and oxygen atoms in total. The number of unbranched alkanes of at least 4 members (excludes halogenated alkanes) is 27. The van der Waals surface area contributed by atoms with E-state index in [1.54, 1.807) is 6.08 Å². The molecule has 0 aliphatic carbocycles. The lowest BCUT2D eigenvalue weighted by Gasteiger charge is -2.50. The van der Waals surface area contributed by atoms with Gasteiger partial charge in [0.05, 0.1) is 70.5 Å². The average molecular weight is 1780 g/mol. The van der Waals surface area contributed by atoms with Crippen molar-refractivity contribution in [2.24, 2.45) is 0 Å². The standard InChI is InChI=1S/C83H148N4O36/c1-6-8-10-12-14-16-18-20-21-22-23-25-27-29-31-33-35-37-58(98)87-49(50(95)36-34-32-30-28-26-24-19-17-15-13-11-9-7-2)43-112-79-71(108)69(106)74(55(42-91)117-79)121-81-72(109)76(65(102)56(118-81)44-113-77-60(85-47(4)93)66(103)63(100)53(40-89)115-77)122-78-61(86-48(5)94)67(104)73(54(41-90)116-78)120-80-70(107)68(105)64(101)57(119-80)45-114-83(82(110)111)38-51(96)59(84-46(3)92)75(123-83)62(99)52(97)39-88/h34,36,49-57,59-81,88-91,95-97,99-109H,6-33,35,37-45H2,1-5H3,(H,84,92)(H,85,93)(H,86,94)(H,87,98)(H,110,111)/b36-34+/t49-,50+,51?,52+,53?,54?,55?,56?,57?,59+,60?,61?,62+,63+,64-,65-,66+,67+,68-,69+,70?,71?,72?,73+,74+,75?,76-,77+,78-,79+,80-,81-,83+/m0/s1. The van der Waals surface area contributed by atoms with Crippen molar-refractivity contribution in [2.75, 3.05) is 46.2 Å². The molecule has 23 N–H and O–H groups in total. The Kier molecular flexibility index (Phi) is 49.4. The third-order valence-corrected chi connectivity index (χ3v) is 23.6. The summed E-state index contributed by atoms with van der Waals surface area (Å²) in [7, 11) is 0. The van der Waals surface area contributed by atoms with E-state index < -0.39 is 278 Å². The van der Waals surface area contributed by atoms with Gasteiger partial charge in [0.1, 0.15) is 140 Å². The van der Waals surface area contributed by atoms with E-state index in [2.05, 4.69) is 35.1 Å². The second kappa shape index (κ2) is 56.5. The number of carboxylic acid groups (broad SMARTS) is 1. The number of rotatable bonds is 58. The van der Waals surface area contributed by atoms with Crippen LogP contribution in [0.25, 0.3) is 0 Å². The lowest BCUT2D eigenvalue weighted by Crippen LogP contribution is -2.70. The first kappa shape index (κ1) is 108. The van der Waals surface area contributed by atoms with Crippen molar-refractivity contribution >= 4 is 29.6 Å². The lowest BCUT2D eigenvalue weighted by molar-refractivity contribution is -0.385. The molecule has 0 aromatic rings. The predicted octanol–water partition coefficient (Wildman–Crippen LogP) is -2.29. The van der Waals surface area contributed by atoms with E-state index in [0.717, 1.165) is 78.6 Å². The first-order valence-electron chi connectivity index (χ1n) is 44.6. The molecule has 6 heterocycles. The molecule has 33 atom stereocenters. The Bertz CT molecular complexity index is 3000. The largest absolute Gasteiger partial charge is 0.477 e. The number of aliphatic carboxylic acids is 1. The summed E-state index contributed by atoms with van der Waals surface area (Å²) in [6.45, 7) is 0.639. The fourth-order valence-corrected chi connectivity index (χ4v) is 16.3. The second-order valence-electron chi connectivity index (χ2n) is 33.6. The van der Waals surface area contributed by atoms with Gasteiger partial charge in [-0.1, -0.05) is 193 Å². The van der Waals surface area contributed by atoms with Crippen molar-refractivity contribution < 1.29 is 178 Å². The van der Waals surface area contributed by atoms with Crippen molar-refractivity contribution in [2.45, 2.75) is 435 Å². The van der Waals surface area contributed by atoms with E-state index in [9.17, 15) is 121 Å². The van der Waals surface area contributed by atoms with Gasteiger partial charge in [0, 0.05) is 33.6 Å². The number of carboxylic acids is 1. The first-order valence-corrected chi connectivity index (χ1v) is 44.6. The van der Waals surface area contributed by atoms with Gasteiger partial charge < -0.3 is 175 Å². The smallest absolute Gasteiger partial charge is 0.364 e. The van der Waals surface area contributed by atoms with E-state index in [-0.39, 0.29) is 12.3 Å². The number of nitrogens with one attached hydrogen (secondary N) is 4. The summed E-state index contributed by atoms with van der Waals surface area (Å²) in [6.07, 6.45) is -21.0. The number of aliphatic hydroxyl groups excluding tert-OH is 18. The minimum absolute atomic E-state index is 0.134. The highest BCUT2D eigenvalue weighted by atomic mass is 16.8. The van der Waals surface area contributed by atoms with Gasteiger partial charge in [0.15, 0.2) is 31.5 Å². The molecule has 6 aliphatic rings. The Labute approximate surface area is 719 Å². The molecule has 0 aromatic heterocycles. The van der Waals surface area contributed by atoms with Crippen molar-refractivity contribution in [3.8, 4) is 0 Å². The Morgan fingerprint density at radius 2 is 0.854 bits per heavy atom. The van der Waals surface area contributed by atoms with Crippen molar-refractivity contribution in [3.63, 3.8) is 0 Å².